The molecule has 1 atom stereocenters. The molecule has 47 heavy (non-hydrogen) atoms. The number of hydrogen-bond donors (Lipinski definition) is 0. The summed E-state index contributed by atoms with van der Waals surface area (Å²) in [5, 5.41) is 0. The van der Waals surface area contributed by atoms with Gasteiger partial charge in [-0.25, -0.2) is 0 Å². The summed E-state index contributed by atoms with van der Waals surface area (Å²) in [6, 6.07) is 0. The van der Waals surface area contributed by atoms with Gasteiger partial charge in [0.2, 0.25) is 0 Å². The molecule has 0 bridgehead atoms. The van der Waals surface area contributed by atoms with Crippen LogP contribution in [0.5, 0.6) is 0 Å². The average Bonchev–Trinajstić information content (AvgIpc) is 3.08. The summed E-state index contributed by atoms with van der Waals surface area (Å²) in [5.74, 6) is -0.118. The van der Waals surface area contributed by atoms with Crippen LogP contribution in [0.15, 0.2) is 0 Å². The molecule has 0 saturated heterocycles. The summed E-state index contributed by atoms with van der Waals surface area (Å²) in [4.78, 5) is 12.0. The molecule has 0 saturated carbocycles. The molecule has 12 nitrogen and oxygen atoms in total. The predicted molar refractivity (Wildman–Crippen MR) is 190 cm³/mol. The van der Waals surface area contributed by atoms with Crippen molar-refractivity contribution in [2.45, 2.75) is 65.2 Å². The summed E-state index contributed by atoms with van der Waals surface area (Å²) >= 11 is 2.42. The minimum atomic E-state index is -0.117. The number of unbranched alkanes of at least 4 members (excludes halogenated alkanes) is 4. The summed E-state index contributed by atoms with van der Waals surface area (Å²) in [7, 11) is 0. The van der Waals surface area contributed by atoms with Gasteiger partial charge in [0.05, 0.1) is 131 Å². The van der Waals surface area contributed by atoms with Crippen LogP contribution >= 0.6 is 22.6 Å². The number of alkyl halides is 1. The van der Waals surface area contributed by atoms with Crippen molar-refractivity contribution in [1.29, 1.82) is 0 Å². The van der Waals surface area contributed by atoms with Gasteiger partial charge in [-0.05, 0) is 30.1 Å². The molecule has 0 aromatic heterocycles. The normalized spacial score (nSPS) is 12.1. The predicted octanol–water partition coefficient (Wildman–Crippen LogP) is 4.91. The van der Waals surface area contributed by atoms with Crippen molar-refractivity contribution in [1.82, 2.24) is 0 Å². The summed E-state index contributed by atoms with van der Waals surface area (Å²) in [5.41, 5.74) is 0. The van der Waals surface area contributed by atoms with E-state index in [1.807, 2.05) is 6.92 Å². The second-order valence-corrected chi connectivity index (χ2v) is 11.7. The Kier molecular flexibility index (Phi) is 41.8. The fourth-order valence-electron chi connectivity index (χ4n) is 3.99. The molecule has 0 aromatic rings. The maximum Gasteiger partial charge on any atom is 0.308 e. The van der Waals surface area contributed by atoms with Gasteiger partial charge in [0.15, 0.2) is 0 Å². The second kappa shape index (κ2) is 42.0. The third kappa shape index (κ3) is 38.5. The number of halogens is 1. The Bertz CT molecular complexity index is 605. The number of hydrogen-bond acceptors (Lipinski definition) is 12. The molecule has 0 aliphatic heterocycles. The Balaban J connectivity index is 3.13. The maximum absolute atomic E-state index is 12.0. The highest BCUT2D eigenvalue weighted by Gasteiger charge is 2.16. The van der Waals surface area contributed by atoms with Crippen LogP contribution in [0, 0.1) is 5.92 Å². The molecular weight excluding hydrogens is 727 g/mol. The first kappa shape index (κ1) is 46.8. The first-order chi connectivity index (χ1) is 23.3. The van der Waals surface area contributed by atoms with Crippen molar-refractivity contribution in [2.24, 2.45) is 5.92 Å². The van der Waals surface area contributed by atoms with Gasteiger partial charge < -0.3 is 52.1 Å². The Hall–Kier alpha value is -0.200. The second-order valence-electron chi connectivity index (χ2n) is 10.6. The molecule has 282 valence electrons. The Labute approximate surface area is 298 Å². The van der Waals surface area contributed by atoms with Crippen LogP contribution in [0.25, 0.3) is 0 Å². The van der Waals surface area contributed by atoms with E-state index in [-0.39, 0.29) is 18.5 Å². The van der Waals surface area contributed by atoms with E-state index in [0.717, 1.165) is 38.7 Å². The minimum absolute atomic E-state index is 0.000963. The van der Waals surface area contributed by atoms with E-state index in [2.05, 4.69) is 29.5 Å². The molecule has 0 aromatic carbocycles. The highest BCUT2D eigenvalue weighted by Crippen LogP contribution is 2.14. The van der Waals surface area contributed by atoms with E-state index < -0.39 is 0 Å². The lowest BCUT2D eigenvalue weighted by atomic mass is 10.00. The SMILES string of the molecule is CCCCC(CC)C(=O)OCCOCCOCCOCCOCCOCCOCCOCCOCCOCCOCCCCCCI. The van der Waals surface area contributed by atoms with E-state index in [1.165, 1.54) is 23.7 Å². The zero-order valence-electron chi connectivity index (χ0n) is 29.6. The average molecular weight is 795 g/mol. The lowest BCUT2D eigenvalue weighted by molar-refractivity contribution is -0.150. The topological polar surface area (TPSA) is 119 Å². The van der Waals surface area contributed by atoms with E-state index in [9.17, 15) is 4.79 Å². The third-order valence-electron chi connectivity index (χ3n) is 6.72. The van der Waals surface area contributed by atoms with Crippen molar-refractivity contribution in [3.8, 4) is 0 Å². The smallest absolute Gasteiger partial charge is 0.308 e. The first-order valence-corrected chi connectivity index (χ1v) is 19.3. The largest absolute Gasteiger partial charge is 0.463 e. The van der Waals surface area contributed by atoms with Crippen LogP contribution in [0.2, 0.25) is 0 Å². The van der Waals surface area contributed by atoms with Crippen molar-refractivity contribution in [3.63, 3.8) is 0 Å². The summed E-state index contributed by atoms with van der Waals surface area (Å²) in [6.45, 7) is 15.0. The lowest BCUT2D eigenvalue weighted by Gasteiger charge is -2.13. The highest BCUT2D eigenvalue weighted by atomic mass is 127. The summed E-state index contributed by atoms with van der Waals surface area (Å²) < 4.78 is 61.4. The van der Waals surface area contributed by atoms with Crippen LogP contribution in [-0.4, -0.2) is 149 Å². The zero-order chi connectivity index (χ0) is 34.1. The molecule has 0 N–H and O–H groups in total. The molecule has 0 heterocycles. The van der Waals surface area contributed by atoms with E-state index in [4.69, 9.17) is 52.1 Å². The maximum atomic E-state index is 12.0. The molecule has 0 aliphatic carbocycles. The third-order valence-corrected chi connectivity index (χ3v) is 7.49. The molecule has 0 rings (SSSR count). The van der Waals surface area contributed by atoms with Gasteiger partial charge in [0.1, 0.15) is 6.61 Å². The van der Waals surface area contributed by atoms with E-state index in [1.54, 1.807) is 0 Å². The monoisotopic (exact) mass is 794 g/mol. The Morgan fingerprint density at radius 3 is 1.06 bits per heavy atom. The fourth-order valence-corrected chi connectivity index (χ4v) is 4.53. The summed E-state index contributed by atoms with van der Waals surface area (Å²) in [6.07, 6.45) is 8.82. The molecule has 0 fully saturated rings. The minimum Gasteiger partial charge on any atom is -0.463 e. The van der Waals surface area contributed by atoms with Gasteiger partial charge in [0, 0.05) is 6.61 Å². The standard InChI is InChI=1S/C34H67IO12/c1-3-5-10-33(4-2)34(36)47-32-31-46-30-29-45-28-27-44-26-25-43-24-23-42-22-21-41-20-19-40-18-17-39-16-15-38-14-13-37-12-9-7-6-8-11-35/h33H,3-32H2,1-2H3. The number of esters is 1. The van der Waals surface area contributed by atoms with Gasteiger partial charge in [-0.15, -0.1) is 0 Å². The van der Waals surface area contributed by atoms with Crippen LogP contribution in [0.4, 0.5) is 0 Å². The Morgan fingerprint density at radius 2 is 0.745 bits per heavy atom. The fraction of sp³-hybridized carbons (Fsp3) is 0.971. The van der Waals surface area contributed by atoms with Gasteiger partial charge >= 0.3 is 5.97 Å². The molecule has 13 heteroatoms. The number of rotatable bonds is 41. The molecular formula is C34H67IO12. The molecule has 0 amide bonds. The molecule has 0 radical (unpaired) electrons. The van der Waals surface area contributed by atoms with Crippen molar-refractivity contribution >= 4 is 28.6 Å². The number of ether oxygens (including phenoxy) is 11. The van der Waals surface area contributed by atoms with Gasteiger partial charge in [-0.1, -0.05) is 62.1 Å². The molecule has 1 unspecified atom stereocenters. The quantitative estimate of drug-likeness (QED) is 0.0363. The van der Waals surface area contributed by atoms with Crippen molar-refractivity contribution in [2.75, 3.05) is 143 Å². The van der Waals surface area contributed by atoms with E-state index >= 15 is 0 Å². The van der Waals surface area contributed by atoms with Crippen molar-refractivity contribution in [3.05, 3.63) is 0 Å². The Morgan fingerprint density at radius 1 is 0.426 bits per heavy atom. The van der Waals surface area contributed by atoms with Gasteiger partial charge in [0.25, 0.3) is 0 Å². The first-order valence-electron chi connectivity index (χ1n) is 17.8. The molecule has 0 aliphatic rings. The van der Waals surface area contributed by atoms with Gasteiger partial charge in [-0.2, -0.15) is 0 Å². The van der Waals surface area contributed by atoms with Crippen LogP contribution in [-0.2, 0) is 56.9 Å². The van der Waals surface area contributed by atoms with Crippen LogP contribution in [0.3, 0.4) is 0 Å². The highest BCUT2D eigenvalue weighted by molar-refractivity contribution is 14.1. The van der Waals surface area contributed by atoms with Crippen molar-refractivity contribution < 1.29 is 56.9 Å². The number of carbonyl (C=O) groups excluding carboxylic acids is 1. The lowest BCUT2D eigenvalue weighted by Crippen LogP contribution is -2.20. The van der Waals surface area contributed by atoms with E-state index in [0.29, 0.717) is 126 Å². The van der Waals surface area contributed by atoms with Crippen LogP contribution < -0.4 is 0 Å². The van der Waals surface area contributed by atoms with Gasteiger partial charge in [-0.3, -0.25) is 4.79 Å². The number of carbonyl (C=O) groups is 1. The van der Waals surface area contributed by atoms with Crippen LogP contribution in [0.1, 0.15) is 65.2 Å². The molecule has 0 spiro atoms. The zero-order valence-corrected chi connectivity index (χ0v) is 31.7.